The summed E-state index contributed by atoms with van der Waals surface area (Å²) >= 11 is 0. The molecule has 0 saturated heterocycles. The first kappa shape index (κ1) is 15.4. The fourth-order valence-corrected chi connectivity index (χ4v) is 3.30. The van der Waals surface area contributed by atoms with Crippen LogP contribution in [0.3, 0.4) is 0 Å². The molecule has 4 nitrogen and oxygen atoms in total. The van der Waals surface area contributed by atoms with Gasteiger partial charge in [-0.05, 0) is 37.3 Å². The van der Waals surface area contributed by atoms with E-state index in [0.717, 1.165) is 11.1 Å². The summed E-state index contributed by atoms with van der Waals surface area (Å²) in [5.41, 5.74) is 4.23. The Kier molecular flexibility index (Phi) is 3.53. The number of nitrogens with zero attached hydrogens (tertiary/aromatic N) is 3. The first-order valence-electron chi connectivity index (χ1n) is 8.26. The van der Waals surface area contributed by atoms with Gasteiger partial charge >= 0.3 is 0 Å². The van der Waals surface area contributed by atoms with E-state index >= 15 is 0 Å². The summed E-state index contributed by atoms with van der Waals surface area (Å²) in [7, 11) is 3.83. The number of para-hydroxylation sites is 2. The lowest BCUT2D eigenvalue weighted by atomic mass is 10.1. The van der Waals surface area contributed by atoms with Crippen molar-refractivity contribution in [2.75, 3.05) is 0 Å². The van der Waals surface area contributed by atoms with Crippen molar-refractivity contribution in [2.45, 2.75) is 6.92 Å². The number of hydrogen-bond acceptors (Lipinski definition) is 2. The minimum atomic E-state index is -0.0279. The van der Waals surface area contributed by atoms with E-state index in [-0.39, 0.29) is 5.56 Å². The van der Waals surface area contributed by atoms with Gasteiger partial charge in [0.1, 0.15) is 5.82 Å². The molecule has 0 spiro atoms. The predicted molar refractivity (Wildman–Crippen MR) is 104 cm³/mol. The Morgan fingerprint density at radius 3 is 2.36 bits per heavy atom. The smallest absolute Gasteiger partial charge is 0.261 e. The number of aryl methyl sites for hydroxylation is 1. The van der Waals surface area contributed by atoms with E-state index in [4.69, 9.17) is 0 Å². The van der Waals surface area contributed by atoms with Crippen LogP contribution in [0.2, 0.25) is 0 Å². The van der Waals surface area contributed by atoms with Crippen LogP contribution in [0, 0.1) is 6.92 Å². The van der Waals surface area contributed by atoms with E-state index in [1.807, 2.05) is 48.6 Å². The summed E-state index contributed by atoms with van der Waals surface area (Å²) in [6.45, 7) is 2.10. The molecule has 0 aliphatic carbocycles. The van der Waals surface area contributed by atoms with Gasteiger partial charge in [0.2, 0.25) is 0 Å². The van der Waals surface area contributed by atoms with E-state index in [1.54, 1.807) is 11.6 Å². The molecule has 0 fully saturated rings. The van der Waals surface area contributed by atoms with Gasteiger partial charge in [-0.2, -0.15) is 0 Å². The van der Waals surface area contributed by atoms with Crippen LogP contribution >= 0.6 is 0 Å². The van der Waals surface area contributed by atoms with Crippen LogP contribution in [0.5, 0.6) is 0 Å². The molecular formula is C21H19N3O. The van der Waals surface area contributed by atoms with Gasteiger partial charge in [0, 0.05) is 36.3 Å². The van der Waals surface area contributed by atoms with Crippen LogP contribution in [0.25, 0.3) is 34.0 Å². The van der Waals surface area contributed by atoms with Crippen LogP contribution in [-0.2, 0) is 14.1 Å². The summed E-state index contributed by atoms with van der Waals surface area (Å²) in [4.78, 5) is 17.2. The maximum Gasteiger partial charge on any atom is 0.261 e. The van der Waals surface area contributed by atoms with Crippen LogP contribution in [-0.4, -0.2) is 14.1 Å². The number of fused-ring (bicyclic) bond motifs is 2. The third kappa shape index (κ3) is 2.38. The van der Waals surface area contributed by atoms with Gasteiger partial charge in [0.25, 0.3) is 5.56 Å². The highest BCUT2D eigenvalue weighted by molar-refractivity contribution is 5.93. The maximum absolute atomic E-state index is 12.5. The van der Waals surface area contributed by atoms with Gasteiger partial charge in [-0.1, -0.05) is 30.3 Å². The van der Waals surface area contributed by atoms with Crippen molar-refractivity contribution in [3.63, 3.8) is 0 Å². The lowest BCUT2D eigenvalue weighted by Crippen LogP contribution is -2.20. The van der Waals surface area contributed by atoms with Gasteiger partial charge < -0.3 is 4.57 Å². The van der Waals surface area contributed by atoms with Gasteiger partial charge in [0.15, 0.2) is 0 Å². The van der Waals surface area contributed by atoms with Crippen molar-refractivity contribution in [3.8, 4) is 0 Å². The lowest BCUT2D eigenvalue weighted by Gasteiger charge is -2.05. The molecule has 2 aromatic heterocycles. The summed E-state index contributed by atoms with van der Waals surface area (Å²) in [5.74, 6) is 0.649. The zero-order valence-corrected chi connectivity index (χ0v) is 14.5. The minimum absolute atomic E-state index is 0.0279. The summed E-state index contributed by atoms with van der Waals surface area (Å²) in [6.07, 6.45) is 3.97. The molecular weight excluding hydrogens is 310 g/mol. The Bertz CT molecular complexity index is 1200. The van der Waals surface area contributed by atoms with Crippen molar-refractivity contribution in [3.05, 3.63) is 76.0 Å². The number of benzene rings is 2. The Labute approximate surface area is 145 Å². The number of hydrogen-bond donors (Lipinski definition) is 0. The first-order chi connectivity index (χ1) is 12.1. The zero-order valence-electron chi connectivity index (χ0n) is 14.5. The summed E-state index contributed by atoms with van der Waals surface area (Å²) in [6, 6.07) is 15.8. The van der Waals surface area contributed by atoms with E-state index < -0.39 is 0 Å². The minimum Gasteiger partial charge on any atom is -0.347 e. The van der Waals surface area contributed by atoms with Crippen LogP contribution in [0.15, 0.2) is 53.3 Å². The molecule has 0 unspecified atom stereocenters. The second-order valence-electron chi connectivity index (χ2n) is 6.26. The molecule has 25 heavy (non-hydrogen) atoms. The molecule has 4 heteroatoms. The molecule has 0 atom stereocenters. The lowest BCUT2D eigenvalue weighted by molar-refractivity contribution is 0.828. The normalized spacial score (nSPS) is 11.8. The molecule has 0 aliphatic heterocycles. The third-order valence-electron chi connectivity index (χ3n) is 4.87. The Balaban J connectivity index is 1.89. The number of aromatic nitrogens is 3. The topological polar surface area (TPSA) is 39.8 Å². The highest BCUT2D eigenvalue weighted by Crippen LogP contribution is 2.26. The molecule has 0 aliphatic rings. The second-order valence-corrected chi connectivity index (χ2v) is 6.26. The number of rotatable bonds is 2. The van der Waals surface area contributed by atoms with E-state index in [0.29, 0.717) is 11.2 Å². The van der Waals surface area contributed by atoms with Gasteiger partial charge in [0.05, 0.1) is 10.9 Å². The first-order valence-corrected chi connectivity index (χ1v) is 8.26. The molecule has 4 aromatic rings. The maximum atomic E-state index is 12.5. The highest BCUT2D eigenvalue weighted by atomic mass is 16.1. The van der Waals surface area contributed by atoms with Crippen molar-refractivity contribution in [1.82, 2.24) is 14.1 Å². The molecule has 0 amide bonds. The van der Waals surface area contributed by atoms with Gasteiger partial charge in [-0.15, -0.1) is 0 Å². The van der Waals surface area contributed by atoms with Crippen LogP contribution in [0.1, 0.15) is 17.1 Å². The SMILES string of the molecule is Cc1c(C=Cc2nc3ccccc3c(=O)n2C)c2ccccc2n1C. The monoisotopic (exact) mass is 329 g/mol. The predicted octanol–water partition coefficient (Wildman–Crippen LogP) is 3.90. The molecule has 0 bridgehead atoms. The Morgan fingerprint density at radius 1 is 0.880 bits per heavy atom. The van der Waals surface area contributed by atoms with Gasteiger partial charge in [-0.3, -0.25) is 9.36 Å². The standard InChI is InChI=1S/C21H19N3O/c1-14-15(16-8-5-7-11-19(16)23(14)2)12-13-20-22-18-10-6-4-9-17(18)21(25)24(20)3/h4-13H,1-3H3. The van der Waals surface area contributed by atoms with Crippen LogP contribution in [0.4, 0.5) is 0 Å². The molecule has 2 aromatic carbocycles. The van der Waals surface area contributed by atoms with Crippen LogP contribution < -0.4 is 5.56 Å². The molecule has 0 radical (unpaired) electrons. The van der Waals surface area contributed by atoms with Crippen molar-refractivity contribution in [2.24, 2.45) is 14.1 Å². The third-order valence-corrected chi connectivity index (χ3v) is 4.87. The molecule has 0 saturated carbocycles. The molecule has 124 valence electrons. The van der Waals surface area contributed by atoms with Crippen molar-refractivity contribution >= 4 is 34.0 Å². The largest absolute Gasteiger partial charge is 0.347 e. The average Bonchev–Trinajstić information content (AvgIpc) is 2.88. The second kappa shape index (κ2) is 5.74. The summed E-state index contributed by atoms with van der Waals surface area (Å²) in [5, 5.41) is 1.84. The molecule has 2 heterocycles. The average molecular weight is 329 g/mol. The fourth-order valence-electron chi connectivity index (χ4n) is 3.30. The fraction of sp³-hybridized carbons (Fsp3) is 0.143. The van der Waals surface area contributed by atoms with Crippen molar-refractivity contribution < 1.29 is 0 Å². The van der Waals surface area contributed by atoms with Gasteiger partial charge in [-0.25, -0.2) is 4.98 Å². The van der Waals surface area contributed by atoms with E-state index in [1.165, 1.54) is 16.6 Å². The Morgan fingerprint density at radius 2 is 1.56 bits per heavy atom. The van der Waals surface area contributed by atoms with E-state index in [2.05, 4.69) is 35.7 Å². The highest BCUT2D eigenvalue weighted by Gasteiger charge is 2.10. The van der Waals surface area contributed by atoms with Crippen molar-refractivity contribution in [1.29, 1.82) is 0 Å². The molecule has 0 N–H and O–H groups in total. The Hall–Kier alpha value is -3.14. The van der Waals surface area contributed by atoms with E-state index in [9.17, 15) is 4.79 Å². The summed E-state index contributed by atoms with van der Waals surface area (Å²) < 4.78 is 3.78. The quantitative estimate of drug-likeness (QED) is 0.559. The zero-order chi connectivity index (χ0) is 17.6. The molecule has 4 rings (SSSR count).